The van der Waals surface area contributed by atoms with E-state index in [0.29, 0.717) is 18.9 Å². The Morgan fingerprint density at radius 1 is 1.42 bits per heavy atom. The van der Waals surface area contributed by atoms with Crippen molar-refractivity contribution >= 4 is 5.69 Å². The number of nitrogens with zero attached hydrogens (tertiary/aromatic N) is 1. The predicted molar refractivity (Wildman–Crippen MR) is 60.7 cm³/mol. The molecule has 0 radical (unpaired) electrons. The molecule has 2 rings (SSSR count). The van der Waals surface area contributed by atoms with Gasteiger partial charge in [-0.3, -0.25) is 10.1 Å². The molecule has 0 bridgehead atoms. The second-order valence-corrected chi connectivity index (χ2v) is 4.82. The third-order valence-corrected chi connectivity index (χ3v) is 3.65. The third-order valence-electron chi connectivity index (χ3n) is 3.65. The van der Waals surface area contributed by atoms with Gasteiger partial charge in [0, 0.05) is 17.0 Å². The van der Waals surface area contributed by atoms with Crippen molar-refractivity contribution < 1.29 is 23.2 Å². The molecule has 19 heavy (non-hydrogen) atoms. The number of nitro groups is 1. The Balaban J connectivity index is 2.55. The van der Waals surface area contributed by atoms with E-state index in [9.17, 15) is 28.4 Å². The number of halogens is 3. The Labute approximate surface area is 107 Å². The summed E-state index contributed by atoms with van der Waals surface area (Å²) in [6, 6.07) is 2.48. The molecule has 1 aromatic carbocycles. The molecule has 1 atom stereocenters. The number of nitro benzene ring substituents is 1. The number of hydrogen-bond acceptors (Lipinski definition) is 3. The molecule has 1 aliphatic carbocycles. The van der Waals surface area contributed by atoms with Gasteiger partial charge in [-0.2, -0.15) is 13.2 Å². The minimum Gasteiger partial charge on any atom is -0.392 e. The SMILES string of the molecule is CC(O)C1(c2ccc(C(F)(F)F)cc2[N+](=O)[O-])CC1. The van der Waals surface area contributed by atoms with Crippen LogP contribution in [0.25, 0.3) is 0 Å². The fraction of sp³-hybridized carbons (Fsp3) is 0.500. The van der Waals surface area contributed by atoms with Gasteiger partial charge < -0.3 is 5.11 Å². The molecular formula is C12H12F3NO3. The first-order valence-corrected chi connectivity index (χ1v) is 5.73. The van der Waals surface area contributed by atoms with Crippen molar-refractivity contribution in [1.82, 2.24) is 0 Å². The van der Waals surface area contributed by atoms with Crippen LogP contribution in [0.1, 0.15) is 30.9 Å². The number of alkyl halides is 3. The molecule has 0 heterocycles. The largest absolute Gasteiger partial charge is 0.416 e. The van der Waals surface area contributed by atoms with Gasteiger partial charge in [-0.1, -0.05) is 6.07 Å². The summed E-state index contributed by atoms with van der Waals surface area (Å²) in [7, 11) is 0. The number of hydrogen-bond donors (Lipinski definition) is 1. The lowest BCUT2D eigenvalue weighted by Gasteiger charge is -2.19. The third kappa shape index (κ3) is 2.30. The Kier molecular flexibility index (Phi) is 3.04. The zero-order valence-corrected chi connectivity index (χ0v) is 10.1. The van der Waals surface area contributed by atoms with Crippen LogP contribution in [0.2, 0.25) is 0 Å². The Hall–Kier alpha value is -1.63. The van der Waals surface area contributed by atoms with E-state index < -0.39 is 33.9 Å². The number of benzene rings is 1. The van der Waals surface area contributed by atoms with Gasteiger partial charge in [-0.15, -0.1) is 0 Å². The highest BCUT2D eigenvalue weighted by molar-refractivity contribution is 5.51. The minimum atomic E-state index is -4.62. The van der Waals surface area contributed by atoms with Crippen LogP contribution >= 0.6 is 0 Å². The summed E-state index contributed by atoms with van der Waals surface area (Å²) in [5.74, 6) is 0. The van der Waals surface area contributed by atoms with Gasteiger partial charge in [0.1, 0.15) is 0 Å². The molecule has 1 saturated carbocycles. The van der Waals surface area contributed by atoms with Crippen LogP contribution < -0.4 is 0 Å². The van der Waals surface area contributed by atoms with Crippen molar-refractivity contribution in [1.29, 1.82) is 0 Å². The smallest absolute Gasteiger partial charge is 0.392 e. The molecule has 0 spiro atoms. The molecule has 7 heteroatoms. The summed E-state index contributed by atoms with van der Waals surface area (Å²) in [5, 5.41) is 20.6. The van der Waals surface area contributed by atoms with Crippen molar-refractivity contribution in [3.05, 3.63) is 39.4 Å². The molecule has 4 nitrogen and oxygen atoms in total. The van der Waals surface area contributed by atoms with E-state index in [-0.39, 0.29) is 5.56 Å². The second-order valence-electron chi connectivity index (χ2n) is 4.82. The maximum absolute atomic E-state index is 12.6. The van der Waals surface area contributed by atoms with Gasteiger partial charge in [0.15, 0.2) is 0 Å². The molecule has 104 valence electrons. The molecule has 1 aliphatic rings. The first-order valence-electron chi connectivity index (χ1n) is 5.73. The molecule has 1 aromatic rings. The maximum Gasteiger partial charge on any atom is 0.416 e. The summed E-state index contributed by atoms with van der Waals surface area (Å²) in [5.41, 5.74) is -2.22. The lowest BCUT2D eigenvalue weighted by Crippen LogP contribution is -2.24. The second kappa shape index (κ2) is 4.19. The summed E-state index contributed by atoms with van der Waals surface area (Å²) >= 11 is 0. The average molecular weight is 275 g/mol. The molecule has 1 N–H and O–H groups in total. The van der Waals surface area contributed by atoms with Crippen molar-refractivity contribution in [2.45, 2.75) is 37.5 Å². The average Bonchev–Trinajstić information content (AvgIpc) is 3.07. The van der Waals surface area contributed by atoms with Gasteiger partial charge in [0.05, 0.1) is 16.6 Å². The van der Waals surface area contributed by atoms with Gasteiger partial charge in [-0.25, -0.2) is 0 Å². The molecule has 0 aliphatic heterocycles. The first kappa shape index (κ1) is 13.8. The monoisotopic (exact) mass is 275 g/mol. The molecule has 0 saturated heterocycles. The predicted octanol–water partition coefficient (Wildman–Crippen LogP) is 3.03. The quantitative estimate of drug-likeness (QED) is 0.681. The minimum absolute atomic E-state index is 0.181. The lowest BCUT2D eigenvalue weighted by atomic mass is 9.88. The van der Waals surface area contributed by atoms with Gasteiger partial charge in [0.25, 0.3) is 5.69 Å². The Morgan fingerprint density at radius 3 is 2.37 bits per heavy atom. The summed E-state index contributed by atoms with van der Waals surface area (Å²) in [6.45, 7) is 1.49. The Bertz CT molecular complexity index is 521. The van der Waals surface area contributed by atoms with Gasteiger partial charge >= 0.3 is 6.18 Å². The van der Waals surface area contributed by atoms with E-state index in [1.807, 2.05) is 0 Å². The zero-order chi connectivity index (χ0) is 14.4. The van der Waals surface area contributed by atoms with Crippen molar-refractivity contribution in [3.8, 4) is 0 Å². The van der Waals surface area contributed by atoms with E-state index in [4.69, 9.17) is 0 Å². The van der Waals surface area contributed by atoms with Gasteiger partial charge in [-0.05, 0) is 25.8 Å². The highest BCUT2D eigenvalue weighted by atomic mass is 19.4. The van der Waals surface area contributed by atoms with Crippen molar-refractivity contribution in [2.24, 2.45) is 0 Å². The fourth-order valence-electron chi connectivity index (χ4n) is 2.33. The highest BCUT2D eigenvalue weighted by Crippen LogP contribution is 2.54. The maximum atomic E-state index is 12.6. The number of rotatable bonds is 3. The number of aliphatic hydroxyl groups is 1. The molecule has 0 amide bonds. The van der Waals surface area contributed by atoms with E-state index in [1.54, 1.807) is 0 Å². The van der Waals surface area contributed by atoms with Crippen LogP contribution in [0.3, 0.4) is 0 Å². The molecule has 0 aromatic heterocycles. The van der Waals surface area contributed by atoms with Crippen LogP contribution in [-0.4, -0.2) is 16.1 Å². The summed E-state index contributed by atoms with van der Waals surface area (Å²) < 4.78 is 37.7. The summed E-state index contributed by atoms with van der Waals surface area (Å²) in [4.78, 5) is 10.1. The Morgan fingerprint density at radius 2 is 2.00 bits per heavy atom. The van der Waals surface area contributed by atoms with E-state index >= 15 is 0 Å². The lowest BCUT2D eigenvalue weighted by molar-refractivity contribution is -0.386. The highest BCUT2D eigenvalue weighted by Gasteiger charge is 2.52. The van der Waals surface area contributed by atoms with Crippen LogP contribution in [0.4, 0.5) is 18.9 Å². The molecule has 1 unspecified atom stereocenters. The normalized spacial score (nSPS) is 19.0. The van der Waals surface area contributed by atoms with Crippen LogP contribution in [0.5, 0.6) is 0 Å². The van der Waals surface area contributed by atoms with Crippen molar-refractivity contribution in [2.75, 3.05) is 0 Å². The van der Waals surface area contributed by atoms with E-state index in [0.717, 1.165) is 12.1 Å². The summed E-state index contributed by atoms with van der Waals surface area (Å²) in [6.07, 6.45) is -4.37. The van der Waals surface area contributed by atoms with Crippen LogP contribution in [0, 0.1) is 10.1 Å². The zero-order valence-electron chi connectivity index (χ0n) is 10.1. The van der Waals surface area contributed by atoms with E-state index in [1.165, 1.54) is 6.92 Å². The molecule has 1 fully saturated rings. The fourth-order valence-corrected chi connectivity index (χ4v) is 2.33. The first-order chi connectivity index (χ1) is 8.68. The number of aliphatic hydroxyl groups excluding tert-OH is 1. The van der Waals surface area contributed by atoms with E-state index in [2.05, 4.69) is 0 Å². The molecular weight excluding hydrogens is 263 g/mol. The van der Waals surface area contributed by atoms with Crippen molar-refractivity contribution in [3.63, 3.8) is 0 Å². The van der Waals surface area contributed by atoms with Gasteiger partial charge in [0.2, 0.25) is 0 Å². The van der Waals surface area contributed by atoms with Crippen LogP contribution in [0.15, 0.2) is 18.2 Å². The topological polar surface area (TPSA) is 63.4 Å². The standard InChI is InChI=1S/C12H12F3NO3/c1-7(17)11(4-5-11)9-3-2-8(12(13,14)15)6-10(9)16(18)19/h2-3,6-7,17H,4-5H2,1H3. The van der Waals surface area contributed by atoms with Crippen LogP contribution in [-0.2, 0) is 11.6 Å².